The fourth-order valence-electron chi connectivity index (χ4n) is 3.01. The van der Waals surface area contributed by atoms with Crippen LogP contribution >= 0.6 is 24.0 Å². The molecular formula is C19H26FIN4O. The molecule has 0 spiro atoms. The first-order valence-electron chi connectivity index (χ1n) is 9.00. The molecule has 1 saturated carbocycles. The van der Waals surface area contributed by atoms with Crippen LogP contribution in [0.25, 0.3) is 11.5 Å². The smallest absolute Gasteiger partial charge is 0.226 e. The van der Waals surface area contributed by atoms with E-state index in [9.17, 15) is 4.39 Å². The molecule has 26 heavy (non-hydrogen) atoms. The van der Waals surface area contributed by atoms with Gasteiger partial charge in [0.05, 0.1) is 5.69 Å². The summed E-state index contributed by atoms with van der Waals surface area (Å²) in [7, 11) is 0. The van der Waals surface area contributed by atoms with Crippen molar-refractivity contribution in [1.29, 1.82) is 0 Å². The van der Waals surface area contributed by atoms with E-state index in [1.54, 1.807) is 18.4 Å². The molecule has 2 aromatic rings. The zero-order valence-corrected chi connectivity index (χ0v) is 17.3. The van der Waals surface area contributed by atoms with Gasteiger partial charge < -0.3 is 15.1 Å². The lowest BCUT2D eigenvalue weighted by Crippen LogP contribution is -2.42. The summed E-state index contributed by atoms with van der Waals surface area (Å²) in [6, 6.07) is 6.67. The highest BCUT2D eigenvalue weighted by molar-refractivity contribution is 14.0. The van der Waals surface area contributed by atoms with Gasteiger partial charge in [-0.3, -0.25) is 4.99 Å². The maximum atomic E-state index is 13.0. The van der Waals surface area contributed by atoms with Crippen LogP contribution in [0.1, 0.15) is 38.3 Å². The molecular weight excluding hydrogens is 446 g/mol. The number of rotatable bonds is 6. The second-order valence-electron chi connectivity index (χ2n) is 6.29. The van der Waals surface area contributed by atoms with Crippen molar-refractivity contribution in [2.75, 3.05) is 13.1 Å². The first-order chi connectivity index (χ1) is 12.2. The molecule has 1 aromatic heterocycles. The SMILES string of the molecule is CCNC(=NCCc1coc(-c2ccc(F)cc2)n1)NC1CCCC1.I. The van der Waals surface area contributed by atoms with Gasteiger partial charge in [-0.25, -0.2) is 9.37 Å². The van der Waals surface area contributed by atoms with Crippen LogP contribution in [-0.2, 0) is 6.42 Å². The zero-order valence-electron chi connectivity index (χ0n) is 15.0. The number of hydrogen-bond acceptors (Lipinski definition) is 3. The first-order valence-corrected chi connectivity index (χ1v) is 9.00. The quantitative estimate of drug-likeness (QED) is 0.377. The average molecular weight is 472 g/mol. The van der Waals surface area contributed by atoms with E-state index in [0.29, 0.717) is 24.9 Å². The molecule has 0 unspecified atom stereocenters. The van der Waals surface area contributed by atoms with E-state index in [0.717, 1.165) is 23.8 Å². The van der Waals surface area contributed by atoms with Crippen molar-refractivity contribution < 1.29 is 8.81 Å². The number of halogens is 2. The van der Waals surface area contributed by atoms with Crippen LogP contribution in [0.15, 0.2) is 39.9 Å². The minimum atomic E-state index is -0.268. The molecule has 7 heteroatoms. The van der Waals surface area contributed by atoms with E-state index >= 15 is 0 Å². The average Bonchev–Trinajstić information content (AvgIpc) is 3.28. The summed E-state index contributed by atoms with van der Waals surface area (Å²) in [5.41, 5.74) is 1.62. The van der Waals surface area contributed by atoms with Gasteiger partial charge in [0.1, 0.15) is 12.1 Å². The van der Waals surface area contributed by atoms with Gasteiger partial charge in [0.25, 0.3) is 0 Å². The molecule has 0 aliphatic heterocycles. The topological polar surface area (TPSA) is 62.5 Å². The summed E-state index contributed by atoms with van der Waals surface area (Å²) in [6.07, 6.45) is 7.37. The molecule has 0 amide bonds. The Labute approximate surface area is 170 Å². The third kappa shape index (κ3) is 5.96. The van der Waals surface area contributed by atoms with Crippen molar-refractivity contribution >= 4 is 29.9 Å². The Morgan fingerprint density at radius 2 is 2.00 bits per heavy atom. The molecule has 1 aliphatic rings. The molecule has 1 aliphatic carbocycles. The summed E-state index contributed by atoms with van der Waals surface area (Å²) in [6.45, 7) is 3.55. The summed E-state index contributed by atoms with van der Waals surface area (Å²) >= 11 is 0. The molecule has 142 valence electrons. The third-order valence-corrected chi connectivity index (χ3v) is 4.32. The van der Waals surface area contributed by atoms with Gasteiger partial charge in [0.15, 0.2) is 5.96 Å². The Morgan fingerprint density at radius 3 is 2.69 bits per heavy atom. The van der Waals surface area contributed by atoms with E-state index in [4.69, 9.17) is 4.42 Å². The Balaban J connectivity index is 0.00000243. The lowest BCUT2D eigenvalue weighted by molar-refractivity contribution is 0.572. The maximum absolute atomic E-state index is 13.0. The molecule has 2 N–H and O–H groups in total. The van der Waals surface area contributed by atoms with E-state index in [-0.39, 0.29) is 29.8 Å². The minimum Gasteiger partial charge on any atom is -0.444 e. The summed E-state index contributed by atoms with van der Waals surface area (Å²) < 4.78 is 18.5. The van der Waals surface area contributed by atoms with Crippen LogP contribution in [0.4, 0.5) is 4.39 Å². The largest absolute Gasteiger partial charge is 0.444 e. The summed E-state index contributed by atoms with van der Waals surface area (Å²) in [5.74, 6) is 1.11. The standard InChI is InChI=1S/C19H25FN4O.HI/c1-2-21-19(24-16-5-3-4-6-16)22-12-11-17-13-25-18(23-17)14-7-9-15(20)10-8-14;/h7-10,13,16H,2-6,11-12H2,1H3,(H2,21,22,24);1H. The van der Waals surface area contributed by atoms with Crippen LogP contribution in [0, 0.1) is 5.82 Å². The second kappa shape index (κ2) is 10.5. The van der Waals surface area contributed by atoms with Crippen molar-refractivity contribution in [3.8, 4) is 11.5 Å². The van der Waals surface area contributed by atoms with Crippen molar-refractivity contribution in [1.82, 2.24) is 15.6 Å². The molecule has 3 rings (SSSR count). The number of nitrogens with zero attached hydrogens (tertiary/aromatic N) is 2. The van der Waals surface area contributed by atoms with E-state index < -0.39 is 0 Å². The third-order valence-electron chi connectivity index (χ3n) is 4.32. The van der Waals surface area contributed by atoms with Crippen molar-refractivity contribution in [3.05, 3.63) is 42.0 Å². The fourth-order valence-corrected chi connectivity index (χ4v) is 3.01. The Kier molecular flexibility index (Phi) is 8.34. The normalized spacial score (nSPS) is 14.9. The van der Waals surface area contributed by atoms with Gasteiger partial charge in [-0.1, -0.05) is 12.8 Å². The predicted octanol–water partition coefficient (Wildman–Crippen LogP) is 4.14. The van der Waals surface area contributed by atoms with Gasteiger partial charge in [0, 0.05) is 31.1 Å². The molecule has 5 nitrogen and oxygen atoms in total. The number of oxazole rings is 1. The number of nitrogens with one attached hydrogen (secondary N) is 2. The highest BCUT2D eigenvalue weighted by atomic mass is 127. The van der Waals surface area contributed by atoms with E-state index in [1.807, 2.05) is 0 Å². The minimum absolute atomic E-state index is 0. The van der Waals surface area contributed by atoms with E-state index in [1.165, 1.54) is 37.8 Å². The molecule has 0 radical (unpaired) electrons. The van der Waals surface area contributed by atoms with E-state index in [2.05, 4.69) is 27.5 Å². The molecule has 1 fully saturated rings. The second-order valence-corrected chi connectivity index (χ2v) is 6.29. The Morgan fingerprint density at radius 1 is 1.27 bits per heavy atom. The van der Waals surface area contributed by atoms with Crippen LogP contribution in [0.2, 0.25) is 0 Å². The molecule has 1 heterocycles. The lowest BCUT2D eigenvalue weighted by Gasteiger charge is -2.16. The van der Waals surface area contributed by atoms with Gasteiger partial charge in [0.2, 0.25) is 5.89 Å². The monoisotopic (exact) mass is 472 g/mol. The van der Waals surface area contributed by atoms with Crippen LogP contribution < -0.4 is 10.6 Å². The first kappa shape index (κ1) is 20.7. The molecule has 0 atom stereocenters. The lowest BCUT2D eigenvalue weighted by atomic mass is 10.2. The molecule has 1 aromatic carbocycles. The van der Waals surface area contributed by atoms with Crippen LogP contribution in [0.5, 0.6) is 0 Å². The maximum Gasteiger partial charge on any atom is 0.226 e. The highest BCUT2D eigenvalue weighted by Crippen LogP contribution is 2.19. The van der Waals surface area contributed by atoms with Crippen molar-refractivity contribution in [2.45, 2.75) is 45.1 Å². The van der Waals surface area contributed by atoms with Gasteiger partial charge in [-0.2, -0.15) is 0 Å². The Bertz CT molecular complexity index is 696. The molecule has 0 saturated heterocycles. The number of benzene rings is 1. The number of aromatic nitrogens is 1. The number of hydrogen-bond donors (Lipinski definition) is 2. The van der Waals surface area contributed by atoms with Gasteiger partial charge in [-0.15, -0.1) is 24.0 Å². The van der Waals surface area contributed by atoms with Crippen molar-refractivity contribution in [3.63, 3.8) is 0 Å². The van der Waals surface area contributed by atoms with Crippen molar-refractivity contribution in [2.24, 2.45) is 4.99 Å². The van der Waals surface area contributed by atoms with Gasteiger partial charge >= 0.3 is 0 Å². The number of aliphatic imine (C=N–C) groups is 1. The Hall–Kier alpha value is -1.64. The van der Waals surface area contributed by atoms with Crippen LogP contribution in [0.3, 0.4) is 0 Å². The summed E-state index contributed by atoms with van der Waals surface area (Å²) in [5, 5.41) is 6.79. The number of guanidine groups is 1. The predicted molar refractivity (Wildman–Crippen MR) is 112 cm³/mol. The highest BCUT2D eigenvalue weighted by Gasteiger charge is 2.15. The zero-order chi connectivity index (χ0) is 17.5. The summed E-state index contributed by atoms with van der Waals surface area (Å²) in [4.78, 5) is 9.09. The molecule has 0 bridgehead atoms. The van der Waals surface area contributed by atoms with Crippen LogP contribution in [-0.4, -0.2) is 30.1 Å². The van der Waals surface area contributed by atoms with Gasteiger partial charge in [-0.05, 0) is 44.0 Å². The fraction of sp³-hybridized carbons (Fsp3) is 0.474.